The number of para-hydroxylation sites is 1. The summed E-state index contributed by atoms with van der Waals surface area (Å²) in [4.78, 5) is 17.9. The average molecular weight is 380 g/mol. The maximum atomic E-state index is 13.5. The van der Waals surface area contributed by atoms with E-state index in [1.54, 1.807) is 28.6 Å². The van der Waals surface area contributed by atoms with Crippen molar-refractivity contribution in [3.63, 3.8) is 0 Å². The van der Waals surface area contributed by atoms with Crippen molar-refractivity contribution in [3.8, 4) is 5.69 Å². The molecule has 0 fully saturated rings. The first-order valence-electron chi connectivity index (χ1n) is 8.42. The van der Waals surface area contributed by atoms with Gasteiger partial charge in [0.2, 0.25) is 0 Å². The third-order valence-corrected chi connectivity index (χ3v) is 5.36. The summed E-state index contributed by atoms with van der Waals surface area (Å²) in [6, 6.07) is 14.1. The molecule has 2 heterocycles. The molecule has 7 heteroatoms. The van der Waals surface area contributed by atoms with Crippen LogP contribution >= 0.6 is 11.8 Å². The van der Waals surface area contributed by atoms with E-state index in [-0.39, 0.29) is 11.4 Å². The fourth-order valence-electron chi connectivity index (χ4n) is 2.96. The largest absolute Gasteiger partial charge is 0.269 e. The van der Waals surface area contributed by atoms with E-state index in [0.717, 1.165) is 16.8 Å². The number of fused-ring (bicyclic) bond motifs is 1. The molecule has 5 nitrogen and oxygen atoms in total. The van der Waals surface area contributed by atoms with Crippen LogP contribution in [0.1, 0.15) is 11.1 Å². The van der Waals surface area contributed by atoms with Crippen molar-refractivity contribution in [1.29, 1.82) is 0 Å². The van der Waals surface area contributed by atoms with Gasteiger partial charge in [0.15, 0.2) is 10.8 Å². The molecule has 0 aliphatic heterocycles. The monoisotopic (exact) mass is 380 g/mol. The first-order chi connectivity index (χ1) is 13.0. The normalized spacial score (nSPS) is 11.2. The van der Waals surface area contributed by atoms with Gasteiger partial charge in [-0.1, -0.05) is 42.1 Å². The van der Waals surface area contributed by atoms with Crippen LogP contribution in [-0.4, -0.2) is 19.3 Å². The molecule has 0 N–H and O–H groups in total. The Morgan fingerprint density at radius 3 is 2.74 bits per heavy atom. The van der Waals surface area contributed by atoms with E-state index in [4.69, 9.17) is 0 Å². The molecule has 0 spiro atoms. The van der Waals surface area contributed by atoms with Crippen LogP contribution in [0, 0.1) is 12.7 Å². The van der Waals surface area contributed by atoms with Crippen LogP contribution in [-0.2, 0) is 12.8 Å². The molecule has 0 bridgehead atoms. The Labute approximate surface area is 159 Å². The topological polar surface area (TPSA) is 52.7 Å². The molecule has 0 aliphatic carbocycles. The van der Waals surface area contributed by atoms with Crippen molar-refractivity contribution < 1.29 is 4.39 Å². The highest BCUT2D eigenvalue weighted by Gasteiger charge is 2.17. The summed E-state index contributed by atoms with van der Waals surface area (Å²) in [6.07, 6.45) is 1.54. The van der Waals surface area contributed by atoms with E-state index in [1.165, 1.54) is 23.9 Å². The predicted molar refractivity (Wildman–Crippen MR) is 105 cm³/mol. The van der Waals surface area contributed by atoms with Gasteiger partial charge in [-0.2, -0.15) is 5.10 Å². The van der Waals surface area contributed by atoms with Gasteiger partial charge in [-0.05, 0) is 36.2 Å². The fraction of sp³-hybridized carbons (Fsp3) is 0.150. The molecular formula is C20H17FN4OS. The Morgan fingerprint density at radius 1 is 1.15 bits per heavy atom. The molecule has 4 aromatic rings. The molecule has 4 rings (SSSR count). The first kappa shape index (κ1) is 17.5. The summed E-state index contributed by atoms with van der Waals surface area (Å²) in [5, 5.41) is 5.19. The molecule has 2 aromatic heterocycles. The third kappa shape index (κ3) is 3.26. The van der Waals surface area contributed by atoms with Gasteiger partial charge in [-0.3, -0.25) is 14.0 Å². The highest BCUT2D eigenvalue weighted by Crippen LogP contribution is 2.25. The number of benzene rings is 2. The molecule has 27 heavy (non-hydrogen) atoms. The maximum absolute atomic E-state index is 13.5. The lowest BCUT2D eigenvalue weighted by atomic mass is 10.2. The lowest BCUT2D eigenvalue weighted by Gasteiger charge is -2.14. The number of nitrogens with zero attached hydrogens (tertiary/aromatic N) is 4. The number of aromatic nitrogens is 4. The van der Waals surface area contributed by atoms with Gasteiger partial charge in [0.05, 0.1) is 11.9 Å². The van der Waals surface area contributed by atoms with Crippen LogP contribution in [0.3, 0.4) is 0 Å². The molecule has 0 amide bonds. The summed E-state index contributed by atoms with van der Waals surface area (Å²) < 4.78 is 16.7. The van der Waals surface area contributed by atoms with E-state index < -0.39 is 0 Å². The molecule has 136 valence electrons. The molecule has 0 atom stereocenters. The minimum atomic E-state index is -0.278. The van der Waals surface area contributed by atoms with Crippen molar-refractivity contribution in [2.45, 2.75) is 17.8 Å². The van der Waals surface area contributed by atoms with Gasteiger partial charge >= 0.3 is 0 Å². The Morgan fingerprint density at radius 2 is 1.96 bits per heavy atom. The number of hydrogen-bond acceptors (Lipinski definition) is 4. The summed E-state index contributed by atoms with van der Waals surface area (Å²) in [5.74, 6) is 0.221. The highest BCUT2D eigenvalue weighted by molar-refractivity contribution is 7.98. The minimum absolute atomic E-state index is 0.163. The van der Waals surface area contributed by atoms with Crippen LogP contribution in [0.2, 0.25) is 0 Å². The lowest BCUT2D eigenvalue weighted by Crippen LogP contribution is -2.22. The number of aryl methyl sites for hydroxylation is 2. The molecule has 2 aromatic carbocycles. The minimum Gasteiger partial charge on any atom is -0.268 e. The van der Waals surface area contributed by atoms with Crippen LogP contribution in [0.15, 0.2) is 64.7 Å². The zero-order valence-corrected chi connectivity index (χ0v) is 15.7. The number of thioether (sulfide) groups is 1. The highest BCUT2D eigenvalue weighted by atomic mass is 32.2. The van der Waals surface area contributed by atoms with Gasteiger partial charge in [0.25, 0.3) is 5.56 Å². The Bertz CT molecular complexity index is 1200. The summed E-state index contributed by atoms with van der Waals surface area (Å²) in [7, 11) is 1.76. The van der Waals surface area contributed by atoms with Crippen LogP contribution in [0.25, 0.3) is 16.7 Å². The van der Waals surface area contributed by atoms with E-state index in [2.05, 4.69) is 10.1 Å². The van der Waals surface area contributed by atoms with Gasteiger partial charge in [0.1, 0.15) is 11.2 Å². The van der Waals surface area contributed by atoms with E-state index in [9.17, 15) is 9.18 Å². The van der Waals surface area contributed by atoms with Gasteiger partial charge in [0, 0.05) is 12.8 Å². The Kier molecular flexibility index (Phi) is 4.53. The number of hydrogen-bond donors (Lipinski definition) is 0. The van der Waals surface area contributed by atoms with Gasteiger partial charge < -0.3 is 0 Å². The average Bonchev–Trinajstić information content (AvgIpc) is 3.02. The van der Waals surface area contributed by atoms with E-state index in [1.807, 2.05) is 37.3 Å². The fourth-order valence-corrected chi connectivity index (χ4v) is 3.90. The molecule has 0 aliphatic rings. The van der Waals surface area contributed by atoms with Crippen LogP contribution in [0.4, 0.5) is 4.39 Å². The SMILES string of the molecule is Cc1ccccc1-n1c(SCc2cccc(F)c2)nc2c(cnn2C)c1=O. The molecule has 0 unspecified atom stereocenters. The number of rotatable bonds is 4. The van der Waals surface area contributed by atoms with Crippen molar-refractivity contribution >= 4 is 22.8 Å². The molecule has 0 radical (unpaired) electrons. The third-order valence-electron chi connectivity index (χ3n) is 4.35. The predicted octanol–water partition coefficient (Wildman–Crippen LogP) is 3.86. The molecule has 0 saturated heterocycles. The quantitative estimate of drug-likeness (QED) is 0.399. The smallest absolute Gasteiger partial charge is 0.268 e. The Balaban J connectivity index is 1.87. The first-order valence-corrected chi connectivity index (χ1v) is 9.41. The van der Waals surface area contributed by atoms with Crippen molar-refractivity contribution in [3.05, 3.63) is 82.0 Å². The second kappa shape index (κ2) is 7.00. The summed E-state index contributed by atoms with van der Waals surface area (Å²) in [5.41, 5.74) is 2.95. The van der Waals surface area contributed by atoms with Gasteiger partial charge in [-0.15, -0.1) is 0 Å². The second-order valence-corrected chi connectivity index (χ2v) is 7.19. The van der Waals surface area contributed by atoms with Crippen molar-refractivity contribution in [2.24, 2.45) is 7.05 Å². The standard InChI is InChI=1S/C20H17FN4OS/c1-13-6-3-4-9-17(13)25-19(26)16-11-22-24(2)18(16)23-20(25)27-12-14-7-5-8-15(21)10-14/h3-11H,12H2,1-2H3. The number of halogens is 1. The summed E-state index contributed by atoms with van der Waals surface area (Å²) in [6.45, 7) is 1.95. The van der Waals surface area contributed by atoms with Crippen molar-refractivity contribution in [2.75, 3.05) is 0 Å². The molecular weight excluding hydrogens is 363 g/mol. The maximum Gasteiger partial charge on any atom is 0.269 e. The van der Waals surface area contributed by atoms with Crippen LogP contribution < -0.4 is 5.56 Å². The summed E-state index contributed by atoms with van der Waals surface area (Å²) >= 11 is 1.40. The van der Waals surface area contributed by atoms with E-state index >= 15 is 0 Å². The zero-order chi connectivity index (χ0) is 19.0. The van der Waals surface area contributed by atoms with E-state index in [0.29, 0.717) is 21.9 Å². The second-order valence-electron chi connectivity index (χ2n) is 6.25. The van der Waals surface area contributed by atoms with Gasteiger partial charge in [-0.25, -0.2) is 9.37 Å². The van der Waals surface area contributed by atoms with Crippen molar-refractivity contribution in [1.82, 2.24) is 19.3 Å². The van der Waals surface area contributed by atoms with Crippen LogP contribution in [0.5, 0.6) is 0 Å². The zero-order valence-electron chi connectivity index (χ0n) is 14.9. The lowest BCUT2D eigenvalue weighted by molar-refractivity contribution is 0.626. The molecule has 0 saturated carbocycles. The Hall–Kier alpha value is -2.93.